The minimum absolute atomic E-state index is 0. The number of halogens is 1. The Balaban J connectivity index is 0.000000980. The lowest BCUT2D eigenvalue weighted by molar-refractivity contribution is 0.357. The average molecular weight is 214 g/mol. The van der Waals surface area contributed by atoms with Gasteiger partial charge < -0.3 is 10.5 Å². The van der Waals surface area contributed by atoms with Gasteiger partial charge in [0.05, 0.1) is 6.61 Å². The quantitative estimate of drug-likeness (QED) is 0.819. The first kappa shape index (κ1) is 11.3. The van der Waals surface area contributed by atoms with Gasteiger partial charge in [0.1, 0.15) is 5.75 Å². The highest BCUT2D eigenvalue weighted by Crippen LogP contribution is 2.28. The largest absolute Gasteiger partial charge is 0.493 e. The Morgan fingerprint density at radius 3 is 3.00 bits per heavy atom. The summed E-state index contributed by atoms with van der Waals surface area (Å²) in [6, 6.07) is 6.45. The lowest BCUT2D eigenvalue weighted by Gasteiger charge is -2.09. The molecular weight excluding hydrogens is 198 g/mol. The van der Waals surface area contributed by atoms with Crippen molar-refractivity contribution >= 4 is 12.4 Å². The summed E-state index contributed by atoms with van der Waals surface area (Å²) in [5.41, 5.74) is 8.48. The number of ether oxygens (including phenoxy) is 1. The Labute approximate surface area is 90.9 Å². The maximum atomic E-state index is 5.95. The van der Waals surface area contributed by atoms with Gasteiger partial charge in [-0.2, -0.15) is 0 Å². The van der Waals surface area contributed by atoms with Crippen LogP contribution in [-0.4, -0.2) is 6.61 Å². The van der Waals surface area contributed by atoms with Crippen molar-refractivity contribution in [1.82, 2.24) is 0 Å². The third-order valence-corrected chi connectivity index (χ3v) is 2.58. The fourth-order valence-electron chi connectivity index (χ4n) is 1.67. The molecule has 1 aromatic rings. The van der Waals surface area contributed by atoms with Gasteiger partial charge in [0.2, 0.25) is 0 Å². The van der Waals surface area contributed by atoms with Gasteiger partial charge >= 0.3 is 0 Å². The SMILES string of the molecule is CC[C@H](N)c1ccc2c(c1)CCO2.Cl. The molecule has 0 unspecified atom stereocenters. The zero-order chi connectivity index (χ0) is 9.26. The monoisotopic (exact) mass is 213 g/mol. The first-order valence-corrected chi connectivity index (χ1v) is 4.82. The predicted octanol–water partition coefficient (Wildman–Crippen LogP) is 2.45. The summed E-state index contributed by atoms with van der Waals surface area (Å²) in [5, 5.41) is 0. The van der Waals surface area contributed by atoms with Crippen LogP contribution in [0, 0.1) is 0 Å². The molecule has 0 spiro atoms. The van der Waals surface area contributed by atoms with E-state index in [4.69, 9.17) is 10.5 Å². The van der Waals surface area contributed by atoms with Crippen molar-refractivity contribution in [3.05, 3.63) is 29.3 Å². The molecule has 1 aliphatic rings. The molecule has 0 fully saturated rings. The maximum absolute atomic E-state index is 5.95. The smallest absolute Gasteiger partial charge is 0.122 e. The second kappa shape index (κ2) is 4.67. The van der Waals surface area contributed by atoms with E-state index in [2.05, 4.69) is 19.1 Å². The first-order valence-electron chi connectivity index (χ1n) is 4.82. The molecule has 1 atom stereocenters. The van der Waals surface area contributed by atoms with E-state index in [0.29, 0.717) is 0 Å². The minimum atomic E-state index is 0. The van der Waals surface area contributed by atoms with Crippen LogP contribution < -0.4 is 10.5 Å². The van der Waals surface area contributed by atoms with Crippen LogP contribution in [0.1, 0.15) is 30.5 Å². The van der Waals surface area contributed by atoms with E-state index >= 15 is 0 Å². The molecule has 0 bridgehead atoms. The van der Waals surface area contributed by atoms with E-state index in [1.54, 1.807) is 0 Å². The molecule has 1 aliphatic heterocycles. The van der Waals surface area contributed by atoms with Crippen molar-refractivity contribution in [3.63, 3.8) is 0 Å². The van der Waals surface area contributed by atoms with E-state index in [1.165, 1.54) is 11.1 Å². The lowest BCUT2D eigenvalue weighted by atomic mass is 10.0. The van der Waals surface area contributed by atoms with Gasteiger partial charge in [-0.1, -0.05) is 19.1 Å². The molecular formula is C11H16ClNO. The Morgan fingerprint density at radius 1 is 1.50 bits per heavy atom. The Morgan fingerprint density at radius 2 is 2.29 bits per heavy atom. The summed E-state index contributed by atoms with van der Waals surface area (Å²) in [4.78, 5) is 0. The van der Waals surface area contributed by atoms with Gasteiger partial charge in [-0.15, -0.1) is 12.4 Å². The molecule has 1 aromatic carbocycles. The summed E-state index contributed by atoms with van der Waals surface area (Å²) in [6.45, 7) is 2.93. The second-order valence-electron chi connectivity index (χ2n) is 3.48. The standard InChI is InChI=1S/C11H15NO.ClH/c1-2-10(12)8-3-4-11-9(7-8)5-6-13-11;/h3-4,7,10H,2,5-6,12H2,1H3;1H/t10-;/m0./s1. The van der Waals surface area contributed by atoms with Crippen LogP contribution in [0.25, 0.3) is 0 Å². The van der Waals surface area contributed by atoms with Gasteiger partial charge in [-0.3, -0.25) is 0 Å². The molecule has 0 saturated carbocycles. The number of hydrogen-bond donors (Lipinski definition) is 1. The van der Waals surface area contributed by atoms with Crippen molar-refractivity contribution < 1.29 is 4.74 Å². The van der Waals surface area contributed by atoms with E-state index in [0.717, 1.165) is 25.2 Å². The Hall–Kier alpha value is -0.730. The molecule has 0 amide bonds. The fraction of sp³-hybridized carbons (Fsp3) is 0.455. The third kappa shape index (κ3) is 2.02. The molecule has 0 aliphatic carbocycles. The molecule has 78 valence electrons. The van der Waals surface area contributed by atoms with Crippen LogP contribution >= 0.6 is 12.4 Å². The van der Waals surface area contributed by atoms with E-state index < -0.39 is 0 Å². The van der Waals surface area contributed by atoms with Gasteiger partial charge in [-0.05, 0) is 23.6 Å². The number of nitrogens with two attached hydrogens (primary N) is 1. The number of fused-ring (bicyclic) bond motifs is 1. The number of benzene rings is 1. The Bertz CT molecular complexity index is 314. The molecule has 2 rings (SSSR count). The molecule has 0 saturated heterocycles. The zero-order valence-electron chi connectivity index (χ0n) is 8.32. The van der Waals surface area contributed by atoms with Crippen molar-refractivity contribution in [2.45, 2.75) is 25.8 Å². The van der Waals surface area contributed by atoms with E-state index in [9.17, 15) is 0 Å². The zero-order valence-corrected chi connectivity index (χ0v) is 9.14. The van der Waals surface area contributed by atoms with Gasteiger partial charge in [-0.25, -0.2) is 0 Å². The van der Waals surface area contributed by atoms with E-state index in [-0.39, 0.29) is 18.4 Å². The van der Waals surface area contributed by atoms with Crippen LogP contribution in [0.3, 0.4) is 0 Å². The number of rotatable bonds is 2. The van der Waals surface area contributed by atoms with Crippen LogP contribution in [0.4, 0.5) is 0 Å². The third-order valence-electron chi connectivity index (χ3n) is 2.58. The highest BCUT2D eigenvalue weighted by Gasteiger charge is 2.13. The van der Waals surface area contributed by atoms with E-state index in [1.807, 2.05) is 6.07 Å². The van der Waals surface area contributed by atoms with Crippen molar-refractivity contribution in [2.24, 2.45) is 5.73 Å². The van der Waals surface area contributed by atoms with Crippen molar-refractivity contribution in [3.8, 4) is 5.75 Å². The van der Waals surface area contributed by atoms with Crippen LogP contribution in [0.15, 0.2) is 18.2 Å². The van der Waals surface area contributed by atoms with Gasteiger partial charge in [0.25, 0.3) is 0 Å². The van der Waals surface area contributed by atoms with Crippen LogP contribution in [0.5, 0.6) is 5.75 Å². The lowest BCUT2D eigenvalue weighted by Crippen LogP contribution is -2.08. The van der Waals surface area contributed by atoms with Gasteiger partial charge in [0, 0.05) is 12.5 Å². The summed E-state index contributed by atoms with van der Waals surface area (Å²) in [7, 11) is 0. The second-order valence-corrected chi connectivity index (χ2v) is 3.48. The average Bonchev–Trinajstić information content (AvgIpc) is 2.63. The Kier molecular flexibility index (Phi) is 3.78. The molecule has 0 radical (unpaired) electrons. The maximum Gasteiger partial charge on any atom is 0.122 e. The molecule has 1 heterocycles. The van der Waals surface area contributed by atoms with Crippen molar-refractivity contribution in [1.29, 1.82) is 0 Å². The highest BCUT2D eigenvalue weighted by molar-refractivity contribution is 5.85. The molecule has 3 heteroatoms. The summed E-state index contributed by atoms with van der Waals surface area (Å²) >= 11 is 0. The van der Waals surface area contributed by atoms with Crippen molar-refractivity contribution in [2.75, 3.05) is 6.61 Å². The van der Waals surface area contributed by atoms with Crippen LogP contribution in [-0.2, 0) is 6.42 Å². The first-order chi connectivity index (χ1) is 6.31. The summed E-state index contributed by atoms with van der Waals surface area (Å²) < 4.78 is 5.43. The molecule has 2 nitrogen and oxygen atoms in total. The highest BCUT2D eigenvalue weighted by atomic mass is 35.5. The molecule has 0 aromatic heterocycles. The predicted molar refractivity (Wildman–Crippen MR) is 60.1 cm³/mol. The minimum Gasteiger partial charge on any atom is -0.493 e. The number of hydrogen-bond acceptors (Lipinski definition) is 2. The summed E-state index contributed by atoms with van der Waals surface area (Å²) in [6.07, 6.45) is 2.01. The topological polar surface area (TPSA) is 35.2 Å². The molecule has 14 heavy (non-hydrogen) atoms. The fourth-order valence-corrected chi connectivity index (χ4v) is 1.67. The normalized spacial score (nSPS) is 15.3. The van der Waals surface area contributed by atoms with Crippen LogP contribution in [0.2, 0.25) is 0 Å². The molecule has 2 N–H and O–H groups in total. The van der Waals surface area contributed by atoms with Gasteiger partial charge in [0.15, 0.2) is 0 Å². The summed E-state index contributed by atoms with van der Waals surface area (Å²) in [5.74, 6) is 1.03.